The largest absolute Gasteiger partial charge is 0.380 e. The lowest BCUT2D eigenvalue weighted by atomic mass is 10.2. The van der Waals surface area contributed by atoms with Crippen molar-refractivity contribution in [3.8, 4) is 0 Å². The lowest BCUT2D eigenvalue weighted by molar-refractivity contribution is 0.101. The molecule has 72 valence electrons. The van der Waals surface area contributed by atoms with Gasteiger partial charge in [-0.25, -0.2) is 0 Å². The van der Waals surface area contributed by atoms with Crippen LogP contribution in [-0.4, -0.2) is 50.3 Å². The second-order valence-corrected chi connectivity index (χ2v) is 3.35. The molecule has 1 aliphatic heterocycles. The zero-order valence-electron chi connectivity index (χ0n) is 8.18. The molecule has 0 aliphatic carbocycles. The Kier molecular flexibility index (Phi) is 4.58. The van der Waals surface area contributed by atoms with Gasteiger partial charge in [0.25, 0.3) is 0 Å². The zero-order valence-corrected chi connectivity index (χ0v) is 8.18. The molecule has 0 radical (unpaired) electrons. The first-order valence-electron chi connectivity index (χ1n) is 4.86. The Hall–Kier alpha value is -0.120. The highest BCUT2D eigenvalue weighted by molar-refractivity contribution is 4.74. The van der Waals surface area contributed by atoms with Gasteiger partial charge in [0, 0.05) is 38.8 Å². The average Bonchev–Trinajstić information content (AvgIpc) is 2.05. The van der Waals surface area contributed by atoms with Crippen molar-refractivity contribution >= 4 is 0 Å². The SMILES string of the molecule is CCOCCN1CCN[C@H](C)C1. The van der Waals surface area contributed by atoms with Gasteiger partial charge in [0.05, 0.1) is 6.61 Å². The highest BCUT2D eigenvalue weighted by Gasteiger charge is 2.14. The summed E-state index contributed by atoms with van der Waals surface area (Å²) in [6, 6.07) is 0.639. The molecule has 3 heteroatoms. The molecule has 1 saturated heterocycles. The maximum Gasteiger partial charge on any atom is 0.0593 e. The van der Waals surface area contributed by atoms with Crippen LogP contribution in [0.25, 0.3) is 0 Å². The van der Waals surface area contributed by atoms with Crippen LogP contribution in [0.2, 0.25) is 0 Å². The fourth-order valence-electron chi connectivity index (χ4n) is 1.55. The number of ether oxygens (including phenoxy) is 1. The molecule has 0 spiro atoms. The van der Waals surface area contributed by atoms with Crippen molar-refractivity contribution < 1.29 is 4.74 Å². The van der Waals surface area contributed by atoms with E-state index in [4.69, 9.17) is 4.74 Å². The molecule has 0 bridgehead atoms. The number of piperazine rings is 1. The van der Waals surface area contributed by atoms with Crippen molar-refractivity contribution in [3.05, 3.63) is 0 Å². The first-order valence-corrected chi connectivity index (χ1v) is 4.86. The molecule has 0 aromatic carbocycles. The predicted molar refractivity (Wildman–Crippen MR) is 50.4 cm³/mol. The predicted octanol–water partition coefficient (Wildman–Crippen LogP) is 0.317. The number of hydrogen-bond donors (Lipinski definition) is 1. The molecule has 0 saturated carbocycles. The van der Waals surface area contributed by atoms with E-state index in [0.29, 0.717) is 6.04 Å². The van der Waals surface area contributed by atoms with Crippen molar-refractivity contribution in [3.63, 3.8) is 0 Å². The number of hydrogen-bond acceptors (Lipinski definition) is 3. The quantitative estimate of drug-likeness (QED) is 0.618. The molecule has 0 aromatic heterocycles. The van der Waals surface area contributed by atoms with Crippen molar-refractivity contribution in [2.45, 2.75) is 19.9 Å². The summed E-state index contributed by atoms with van der Waals surface area (Å²) in [5.74, 6) is 0. The van der Waals surface area contributed by atoms with E-state index in [1.165, 1.54) is 0 Å². The summed E-state index contributed by atoms with van der Waals surface area (Å²) in [6.45, 7) is 10.5. The van der Waals surface area contributed by atoms with Crippen LogP contribution in [-0.2, 0) is 4.74 Å². The van der Waals surface area contributed by atoms with E-state index in [-0.39, 0.29) is 0 Å². The topological polar surface area (TPSA) is 24.5 Å². The summed E-state index contributed by atoms with van der Waals surface area (Å²) < 4.78 is 5.31. The monoisotopic (exact) mass is 172 g/mol. The first-order chi connectivity index (χ1) is 5.83. The van der Waals surface area contributed by atoms with Crippen LogP contribution in [0.1, 0.15) is 13.8 Å². The summed E-state index contributed by atoms with van der Waals surface area (Å²) in [5, 5.41) is 3.42. The summed E-state index contributed by atoms with van der Waals surface area (Å²) in [6.07, 6.45) is 0. The smallest absolute Gasteiger partial charge is 0.0593 e. The lowest BCUT2D eigenvalue weighted by Crippen LogP contribution is -2.49. The fraction of sp³-hybridized carbons (Fsp3) is 1.00. The Morgan fingerprint density at radius 2 is 2.42 bits per heavy atom. The van der Waals surface area contributed by atoms with Crippen LogP contribution in [0.4, 0.5) is 0 Å². The number of nitrogens with one attached hydrogen (secondary N) is 1. The van der Waals surface area contributed by atoms with E-state index in [1.54, 1.807) is 0 Å². The molecule has 1 rings (SSSR count). The first kappa shape index (κ1) is 9.96. The van der Waals surface area contributed by atoms with Gasteiger partial charge in [-0.05, 0) is 13.8 Å². The van der Waals surface area contributed by atoms with Gasteiger partial charge in [-0.15, -0.1) is 0 Å². The molecule has 1 atom stereocenters. The summed E-state index contributed by atoms with van der Waals surface area (Å²) in [5.41, 5.74) is 0. The van der Waals surface area contributed by atoms with E-state index in [9.17, 15) is 0 Å². The minimum Gasteiger partial charge on any atom is -0.380 e. The third-order valence-electron chi connectivity index (χ3n) is 2.21. The summed E-state index contributed by atoms with van der Waals surface area (Å²) >= 11 is 0. The normalized spacial score (nSPS) is 26.0. The van der Waals surface area contributed by atoms with Gasteiger partial charge in [-0.1, -0.05) is 0 Å². The highest BCUT2D eigenvalue weighted by Crippen LogP contribution is 1.97. The van der Waals surface area contributed by atoms with Crippen molar-refractivity contribution in [1.82, 2.24) is 10.2 Å². The fourth-order valence-corrected chi connectivity index (χ4v) is 1.55. The Balaban J connectivity index is 2.06. The van der Waals surface area contributed by atoms with Gasteiger partial charge in [0.15, 0.2) is 0 Å². The minimum absolute atomic E-state index is 0.639. The van der Waals surface area contributed by atoms with Gasteiger partial charge in [0.2, 0.25) is 0 Å². The van der Waals surface area contributed by atoms with E-state index >= 15 is 0 Å². The highest BCUT2D eigenvalue weighted by atomic mass is 16.5. The van der Waals surface area contributed by atoms with Crippen LogP contribution in [0, 0.1) is 0 Å². The van der Waals surface area contributed by atoms with Gasteiger partial charge >= 0.3 is 0 Å². The average molecular weight is 172 g/mol. The second kappa shape index (κ2) is 5.51. The summed E-state index contributed by atoms with van der Waals surface area (Å²) in [7, 11) is 0. The molecule has 1 heterocycles. The van der Waals surface area contributed by atoms with Gasteiger partial charge in [-0.3, -0.25) is 4.90 Å². The standard InChI is InChI=1S/C9H20N2O/c1-3-12-7-6-11-5-4-10-9(2)8-11/h9-10H,3-8H2,1-2H3/t9-/m1/s1. The Morgan fingerprint density at radius 3 is 3.08 bits per heavy atom. The zero-order chi connectivity index (χ0) is 8.81. The van der Waals surface area contributed by atoms with Crippen LogP contribution >= 0.6 is 0 Å². The number of rotatable bonds is 4. The molecule has 3 nitrogen and oxygen atoms in total. The van der Waals surface area contributed by atoms with E-state index in [1.807, 2.05) is 6.92 Å². The molecule has 1 N–H and O–H groups in total. The molecule has 1 aliphatic rings. The van der Waals surface area contributed by atoms with Crippen LogP contribution in [0.3, 0.4) is 0 Å². The van der Waals surface area contributed by atoms with Crippen LogP contribution < -0.4 is 5.32 Å². The Morgan fingerprint density at radius 1 is 1.58 bits per heavy atom. The van der Waals surface area contributed by atoms with E-state index in [2.05, 4.69) is 17.1 Å². The van der Waals surface area contributed by atoms with Gasteiger partial charge < -0.3 is 10.1 Å². The number of nitrogens with zero attached hydrogens (tertiary/aromatic N) is 1. The van der Waals surface area contributed by atoms with Crippen molar-refractivity contribution in [2.75, 3.05) is 39.4 Å². The molecular formula is C9H20N2O. The molecule has 12 heavy (non-hydrogen) atoms. The second-order valence-electron chi connectivity index (χ2n) is 3.35. The molecule has 0 unspecified atom stereocenters. The van der Waals surface area contributed by atoms with Gasteiger partial charge in [-0.2, -0.15) is 0 Å². The van der Waals surface area contributed by atoms with Crippen molar-refractivity contribution in [2.24, 2.45) is 0 Å². The third kappa shape index (κ3) is 3.52. The Labute approximate surface area is 75.1 Å². The molecule has 0 amide bonds. The van der Waals surface area contributed by atoms with Gasteiger partial charge in [0.1, 0.15) is 0 Å². The summed E-state index contributed by atoms with van der Waals surface area (Å²) in [4.78, 5) is 2.46. The Bertz CT molecular complexity index is 119. The minimum atomic E-state index is 0.639. The van der Waals surface area contributed by atoms with Crippen LogP contribution in [0.5, 0.6) is 0 Å². The van der Waals surface area contributed by atoms with E-state index in [0.717, 1.165) is 39.4 Å². The van der Waals surface area contributed by atoms with Crippen LogP contribution in [0.15, 0.2) is 0 Å². The lowest BCUT2D eigenvalue weighted by Gasteiger charge is -2.31. The molecule has 0 aromatic rings. The third-order valence-corrected chi connectivity index (χ3v) is 2.21. The molecular weight excluding hydrogens is 152 g/mol. The maximum atomic E-state index is 5.31. The maximum absolute atomic E-state index is 5.31. The van der Waals surface area contributed by atoms with Crippen molar-refractivity contribution in [1.29, 1.82) is 0 Å². The van der Waals surface area contributed by atoms with E-state index < -0.39 is 0 Å². The molecule has 1 fully saturated rings.